The number of rotatable bonds is 5. The zero-order chi connectivity index (χ0) is 35.4. The van der Waals surface area contributed by atoms with E-state index in [4.69, 9.17) is 20.2 Å². The zero-order valence-electron chi connectivity index (χ0n) is 28.4. The molecule has 15 heteroatoms. The SMILES string of the molecule is C[C@@H]1Oc2nc(-c3c(I)cc(F)c(N)c3F)c(F)c3nc(OC[C@@]45CCCN4C[C@H](F)C5)nc(c23)N2C[C@H]3CC[C@@H]([C@@H]12)N3C(=O)CC(C)(C)C. The molecule has 0 aliphatic carbocycles. The van der Waals surface area contributed by atoms with Crippen LogP contribution in [0.5, 0.6) is 11.9 Å². The van der Waals surface area contributed by atoms with Crippen molar-refractivity contribution in [1.29, 1.82) is 0 Å². The summed E-state index contributed by atoms with van der Waals surface area (Å²) in [6, 6.07) is 0.211. The second-order valence-electron chi connectivity index (χ2n) is 15.7. The first-order chi connectivity index (χ1) is 23.7. The van der Waals surface area contributed by atoms with Gasteiger partial charge in [0, 0.05) is 35.5 Å². The topological polar surface area (TPSA) is 110 Å². The third-order valence-corrected chi connectivity index (χ3v) is 12.0. The van der Waals surface area contributed by atoms with Gasteiger partial charge >= 0.3 is 6.01 Å². The lowest BCUT2D eigenvalue weighted by atomic mass is 9.90. The lowest BCUT2D eigenvalue weighted by molar-refractivity contribution is -0.138. The van der Waals surface area contributed by atoms with Crippen molar-refractivity contribution in [3.63, 3.8) is 0 Å². The highest BCUT2D eigenvalue weighted by molar-refractivity contribution is 14.1. The fourth-order valence-corrected chi connectivity index (χ4v) is 9.82. The second kappa shape index (κ2) is 11.9. The monoisotopic (exact) mass is 809 g/mol. The number of alkyl halides is 1. The number of carbonyl (C=O) groups is 1. The van der Waals surface area contributed by atoms with E-state index in [1.165, 1.54) is 0 Å². The van der Waals surface area contributed by atoms with Crippen LogP contribution in [-0.4, -0.2) is 92.8 Å². The molecular weight excluding hydrogens is 769 g/mol. The number of benzene rings is 1. The van der Waals surface area contributed by atoms with Crippen LogP contribution in [0.25, 0.3) is 22.2 Å². The first-order valence-corrected chi connectivity index (χ1v) is 18.3. The van der Waals surface area contributed by atoms with Crippen molar-refractivity contribution in [2.75, 3.05) is 36.9 Å². The first kappa shape index (κ1) is 33.9. The van der Waals surface area contributed by atoms with Gasteiger partial charge in [0.1, 0.15) is 52.8 Å². The molecule has 4 fully saturated rings. The van der Waals surface area contributed by atoms with Crippen LogP contribution < -0.4 is 20.1 Å². The van der Waals surface area contributed by atoms with Crippen LogP contribution in [0.1, 0.15) is 66.2 Å². The number of hydrogen-bond donors (Lipinski definition) is 1. The summed E-state index contributed by atoms with van der Waals surface area (Å²) < 4.78 is 74.4. The highest BCUT2D eigenvalue weighted by Crippen LogP contribution is 2.48. The van der Waals surface area contributed by atoms with Crippen LogP contribution >= 0.6 is 22.6 Å². The average Bonchev–Trinajstić information content (AvgIpc) is 3.65. The molecule has 0 unspecified atom stereocenters. The number of hydrogen-bond acceptors (Lipinski definition) is 9. The van der Waals surface area contributed by atoms with Crippen molar-refractivity contribution < 1.29 is 31.8 Å². The average molecular weight is 810 g/mol. The van der Waals surface area contributed by atoms with Crippen molar-refractivity contribution in [2.24, 2.45) is 5.41 Å². The van der Waals surface area contributed by atoms with Gasteiger partial charge < -0.3 is 25.0 Å². The van der Waals surface area contributed by atoms with Crippen LogP contribution in [-0.2, 0) is 4.79 Å². The highest BCUT2D eigenvalue weighted by atomic mass is 127. The number of amides is 1. The molecule has 0 spiro atoms. The predicted octanol–water partition coefficient (Wildman–Crippen LogP) is 6.02. The standard InChI is InChI=1S/C35H40F4IN7O3/c1-16-30-21-7-6-18(47(21)22(48)12-34(2,3)4)14-46(30)31-24-29(43-33(44-31)49-15-35-8-5-9-45(35)13-17(36)11-35)26(39)28(42-32(24)50-16)23-20(40)10-19(37)27(41)25(23)38/h10,16-18,21,30H,5-9,11-15,41H2,1-4H3/t16-,17+,18+,21-,30+,35-/m0/s1. The van der Waals surface area contributed by atoms with Gasteiger partial charge in [0.2, 0.25) is 11.8 Å². The second-order valence-corrected chi connectivity index (χ2v) is 16.9. The third-order valence-electron chi connectivity index (χ3n) is 11.1. The molecule has 0 radical (unpaired) electrons. The van der Waals surface area contributed by atoms with Crippen molar-refractivity contribution >= 4 is 50.9 Å². The van der Waals surface area contributed by atoms with Crippen LogP contribution in [0, 0.1) is 26.4 Å². The van der Waals surface area contributed by atoms with Gasteiger partial charge in [-0.15, -0.1) is 0 Å². The summed E-state index contributed by atoms with van der Waals surface area (Å²) in [5.74, 6) is -2.69. The van der Waals surface area contributed by atoms with E-state index in [-0.39, 0.29) is 68.0 Å². The molecule has 0 saturated carbocycles. The number of pyridine rings is 1. The fourth-order valence-electron chi connectivity index (χ4n) is 9.05. The molecule has 3 aromatic rings. The van der Waals surface area contributed by atoms with E-state index < -0.39 is 46.6 Å². The quantitative estimate of drug-likeness (QED) is 0.188. The molecular formula is C35H40F4IN7O3. The molecule has 6 atom stereocenters. The molecule has 5 aliphatic heterocycles. The first-order valence-electron chi connectivity index (χ1n) is 17.3. The summed E-state index contributed by atoms with van der Waals surface area (Å²) >= 11 is 1.72. The summed E-state index contributed by atoms with van der Waals surface area (Å²) in [6.07, 6.45) is 2.39. The number of halogens is 5. The molecule has 2 N–H and O–H groups in total. The Bertz CT molecular complexity index is 1910. The molecule has 2 aromatic heterocycles. The van der Waals surface area contributed by atoms with Crippen molar-refractivity contribution in [3.8, 4) is 23.1 Å². The van der Waals surface area contributed by atoms with Crippen LogP contribution in [0.2, 0.25) is 0 Å². The van der Waals surface area contributed by atoms with E-state index in [9.17, 15) is 13.6 Å². The lowest BCUT2D eigenvalue weighted by Crippen LogP contribution is -2.65. The number of piperazine rings is 1. The molecule has 268 valence electrons. The number of fused-ring (bicyclic) bond motifs is 6. The Morgan fingerprint density at radius 1 is 1.16 bits per heavy atom. The lowest BCUT2D eigenvalue weighted by Gasteiger charge is -2.48. The number of nitrogen functional groups attached to an aromatic ring is 1. The van der Waals surface area contributed by atoms with Gasteiger partial charge in [-0.25, -0.2) is 22.5 Å². The summed E-state index contributed by atoms with van der Waals surface area (Å²) in [6.45, 7) is 9.62. The van der Waals surface area contributed by atoms with E-state index >= 15 is 8.78 Å². The van der Waals surface area contributed by atoms with Crippen LogP contribution in [0.3, 0.4) is 0 Å². The Morgan fingerprint density at radius 2 is 1.94 bits per heavy atom. The predicted molar refractivity (Wildman–Crippen MR) is 187 cm³/mol. The Kier molecular flexibility index (Phi) is 8.08. The summed E-state index contributed by atoms with van der Waals surface area (Å²) in [7, 11) is 0. The number of aromatic nitrogens is 3. The molecule has 50 heavy (non-hydrogen) atoms. The van der Waals surface area contributed by atoms with Gasteiger partial charge in [0.05, 0.1) is 23.2 Å². The van der Waals surface area contributed by atoms with Crippen molar-refractivity contribution in [2.45, 2.75) is 102 Å². The number of ether oxygens (including phenoxy) is 2. The maximum atomic E-state index is 16.9. The van der Waals surface area contributed by atoms with E-state index in [2.05, 4.69) is 19.8 Å². The molecule has 7 heterocycles. The maximum absolute atomic E-state index is 16.9. The van der Waals surface area contributed by atoms with E-state index in [0.29, 0.717) is 31.7 Å². The molecule has 5 aliphatic rings. The Morgan fingerprint density at radius 3 is 2.70 bits per heavy atom. The normalized spacial score (nSPS) is 28.9. The van der Waals surface area contributed by atoms with Gasteiger partial charge in [0.25, 0.3) is 0 Å². The Balaban J connectivity index is 1.28. The number of anilines is 2. The van der Waals surface area contributed by atoms with Gasteiger partial charge in [-0.3, -0.25) is 9.69 Å². The van der Waals surface area contributed by atoms with E-state index in [1.54, 1.807) is 22.6 Å². The minimum Gasteiger partial charge on any atom is -0.472 e. The molecule has 4 saturated heterocycles. The maximum Gasteiger partial charge on any atom is 0.319 e. The molecule has 8 rings (SSSR count). The molecule has 1 aromatic carbocycles. The summed E-state index contributed by atoms with van der Waals surface area (Å²) in [4.78, 5) is 33.8. The smallest absolute Gasteiger partial charge is 0.319 e. The van der Waals surface area contributed by atoms with E-state index in [0.717, 1.165) is 38.3 Å². The summed E-state index contributed by atoms with van der Waals surface area (Å²) in [5, 5.41) is 0.192. The minimum absolute atomic E-state index is 0.0157. The zero-order valence-corrected chi connectivity index (χ0v) is 30.6. The molecule has 10 nitrogen and oxygen atoms in total. The highest BCUT2D eigenvalue weighted by Gasteiger charge is 2.53. The molecule has 1 amide bonds. The Labute approximate surface area is 301 Å². The van der Waals surface area contributed by atoms with Crippen molar-refractivity contribution in [3.05, 3.63) is 27.1 Å². The van der Waals surface area contributed by atoms with Gasteiger partial charge in [-0.2, -0.15) is 9.97 Å². The third kappa shape index (κ3) is 5.34. The van der Waals surface area contributed by atoms with Gasteiger partial charge in [0.15, 0.2) is 11.6 Å². The number of carbonyl (C=O) groups excluding carboxylic acids is 1. The molecule has 2 bridgehead atoms. The fraction of sp³-hybridized carbons (Fsp3) is 0.600. The van der Waals surface area contributed by atoms with E-state index in [1.807, 2.05) is 32.6 Å². The number of nitrogens with zero attached hydrogens (tertiary/aromatic N) is 6. The summed E-state index contributed by atoms with van der Waals surface area (Å²) in [5.41, 5.74) is 3.28. The van der Waals surface area contributed by atoms with Crippen molar-refractivity contribution in [1.82, 2.24) is 24.8 Å². The largest absolute Gasteiger partial charge is 0.472 e. The number of nitrogens with two attached hydrogens (primary N) is 1. The Hall–Kier alpha value is -3.21. The van der Waals surface area contributed by atoms with Gasteiger partial charge in [-0.1, -0.05) is 20.8 Å². The van der Waals surface area contributed by atoms with Crippen LogP contribution in [0.4, 0.5) is 29.1 Å². The minimum atomic E-state index is -1.15. The van der Waals surface area contributed by atoms with Crippen LogP contribution in [0.15, 0.2) is 6.07 Å². The van der Waals surface area contributed by atoms with Gasteiger partial charge in [-0.05, 0) is 73.2 Å².